The van der Waals surface area contributed by atoms with Crippen molar-refractivity contribution in [2.24, 2.45) is 0 Å². The highest BCUT2D eigenvalue weighted by atomic mass is 35.5. The number of hydrogen-bond donors (Lipinski definition) is 0. The van der Waals surface area contributed by atoms with E-state index in [1.807, 2.05) is 30.3 Å². The van der Waals surface area contributed by atoms with Crippen molar-refractivity contribution in [3.63, 3.8) is 0 Å². The fourth-order valence-electron chi connectivity index (χ4n) is 0.972. The van der Waals surface area contributed by atoms with E-state index in [0.717, 1.165) is 5.56 Å². The fraction of sp³-hybridized carbons (Fsp3) is 0. The third-order valence-corrected chi connectivity index (χ3v) is 1.78. The molecule has 1 aromatic heterocycles. The molecular weight excluding hydrogens is 174 g/mol. The normalized spacial score (nSPS) is 10.1. The van der Waals surface area contributed by atoms with Gasteiger partial charge in [-0.2, -0.15) is 0 Å². The van der Waals surface area contributed by atoms with Crippen LogP contribution in [-0.4, -0.2) is 5.16 Å². The Morgan fingerprint density at radius 2 is 2.00 bits per heavy atom. The summed E-state index contributed by atoms with van der Waals surface area (Å²) in [6, 6.07) is 9.59. The van der Waals surface area contributed by atoms with Crippen molar-refractivity contribution in [3.8, 4) is 11.3 Å². The SMILES string of the molecule is Clc1[c]onc1-c1ccccc1. The van der Waals surface area contributed by atoms with E-state index in [2.05, 4.69) is 15.9 Å². The van der Waals surface area contributed by atoms with Gasteiger partial charge in [0, 0.05) is 5.56 Å². The Kier molecular flexibility index (Phi) is 1.84. The van der Waals surface area contributed by atoms with Crippen LogP contribution < -0.4 is 0 Å². The van der Waals surface area contributed by atoms with Crippen LogP contribution in [0.4, 0.5) is 0 Å². The first-order chi connectivity index (χ1) is 5.88. The second-order valence-electron chi connectivity index (χ2n) is 2.31. The first-order valence-electron chi connectivity index (χ1n) is 3.46. The van der Waals surface area contributed by atoms with E-state index < -0.39 is 0 Å². The number of benzene rings is 1. The van der Waals surface area contributed by atoms with Gasteiger partial charge in [0.2, 0.25) is 6.26 Å². The van der Waals surface area contributed by atoms with Crippen LogP contribution in [0.3, 0.4) is 0 Å². The first kappa shape index (κ1) is 7.37. The van der Waals surface area contributed by atoms with E-state index in [0.29, 0.717) is 10.7 Å². The van der Waals surface area contributed by atoms with Crippen LogP contribution in [0, 0.1) is 6.26 Å². The highest BCUT2D eigenvalue weighted by Crippen LogP contribution is 2.24. The highest BCUT2D eigenvalue weighted by Gasteiger charge is 2.06. The molecule has 1 radical (unpaired) electrons. The summed E-state index contributed by atoms with van der Waals surface area (Å²) in [4.78, 5) is 0. The molecular formula is C9H5ClNO. The molecule has 0 bridgehead atoms. The summed E-state index contributed by atoms with van der Waals surface area (Å²) in [6.07, 6.45) is 2.45. The maximum Gasteiger partial charge on any atom is 0.225 e. The van der Waals surface area contributed by atoms with Crippen molar-refractivity contribution in [2.45, 2.75) is 0 Å². The van der Waals surface area contributed by atoms with Crippen molar-refractivity contribution < 1.29 is 4.52 Å². The molecule has 0 fully saturated rings. The van der Waals surface area contributed by atoms with Crippen LogP contribution in [-0.2, 0) is 0 Å². The predicted molar refractivity (Wildman–Crippen MR) is 45.8 cm³/mol. The van der Waals surface area contributed by atoms with Gasteiger partial charge in [-0.25, -0.2) is 0 Å². The minimum absolute atomic E-state index is 0.418. The van der Waals surface area contributed by atoms with Crippen molar-refractivity contribution in [1.82, 2.24) is 5.16 Å². The van der Waals surface area contributed by atoms with Crippen LogP contribution >= 0.6 is 11.6 Å². The highest BCUT2D eigenvalue weighted by molar-refractivity contribution is 6.32. The van der Waals surface area contributed by atoms with E-state index in [-0.39, 0.29) is 0 Å². The third kappa shape index (κ3) is 1.21. The molecule has 0 aliphatic carbocycles. The van der Waals surface area contributed by atoms with Gasteiger partial charge in [-0.05, 0) is 0 Å². The Bertz CT molecular complexity index is 369. The quantitative estimate of drug-likeness (QED) is 0.671. The second-order valence-corrected chi connectivity index (χ2v) is 2.69. The average Bonchev–Trinajstić information content (AvgIpc) is 2.53. The minimum atomic E-state index is 0.418. The Morgan fingerprint density at radius 1 is 1.25 bits per heavy atom. The summed E-state index contributed by atoms with van der Waals surface area (Å²) >= 11 is 5.76. The van der Waals surface area contributed by atoms with E-state index in [1.165, 1.54) is 0 Å². The van der Waals surface area contributed by atoms with Crippen LogP contribution in [0.2, 0.25) is 5.02 Å². The zero-order valence-electron chi connectivity index (χ0n) is 6.12. The average molecular weight is 179 g/mol. The van der Waals surface area contributed by atoms with Gasteiger partial charge >= 0.3 is 0 Å². The Hall–Kier alpha value is -1.28. The molecule has 0 N–H and O–H groups in total. The number of rotatable bonds is 1. The summed E-state index contributed by atoms with van der Waals surface area (Å²) in [5.41, 5.74) is 1.57. The van der Waals surface area contributed by atoms with Gasteiger partial charge in [0.1, 0.15) is 10.7 Å². The smallest absolute Gasteiger partial charge is 0.225 e. The Labute approximate surface area is 74.8 Å². The van der Waals surface area contributed by atoms with Gasteiger partial charge in [0.25, 0.3) is 0 Å². The number of nitrogens with zero attached hydrogens (tertiary/aromatic N) is 1. The van der Waals surface area contributed by atoms with Crippen molar-refractivity contribution in [1.29, 1.82) is 0 Å². The van der Waals surface area contributed by atoms with Crippen molar-refractivity contribution >= 4 is 11.6 Å². The summed E-state index contributed by atoms with van der Waals surface area (Å²) in [5.74, 6) is 0. The standard InChI is InChI=1S/C9H5ClNO/c10-8-6-12-11-9(8)7-4-2-1-3-5-7/h1-5H. The van der Waals surface area contributed by atoms with Crippen molar-refractivity contribution in [2.75, 3.05) is 0 Å². The monoisotopic (exact) mass is 178 g/mol. The summed E-state index contributed by atoms with van der Waals surface area (Å²) in [7, 11) is 0. The lowest BCUT2D eigenvalue weighted by molar-refractivity contribution is 0.415. The molecule has 0 spiro atoms. The molecule has 12 heavy (non-hydrogen) atoms. The lowest BCUT2D eigenvalue weighted by Crippen LogP contribution is -1.75. The van der Waals surface area contributed by atoms with Crippen molar-refractivity contribution in [3.05, 3.63) is 41.6 Å². The molecule has 0 saturated carbocycles. The molecule has 0 unspecified atom stereocenters. The number of aromatic nitrogens is 1. The summed E-state index contributed by atoms with van der Waals surface area (Å²) in [5, 5.41) is 4.14. The van der Waals surface area contributed by atoms with Gasteiger partial charge in [-0.1, -0.05) is 47.1 Å². The van der Waals surface area contributed by atoms with Gasteiger partial charge in [0.15, 0.2) is 0 Å². The molecule has 0 aliphatic heterocycles. The Balaban J connectivity index is 2.51. The van der Waals surface area contributed by atoms with E-state index >= 15 is 0 Å². The van der Waals surface area contributed by atoms with E-state index in [4.69, 9.17) is 11.6 Å². The lowest BCUT2D eigenvalue weighted by atomic mass is 10.2. The summed E-state index contributed by atoms with van der Waals surface area (Å²) < 4.78 is 4.59. The predicted octanol–water partition coefficient (Wildman–Crippen LogP) is 2.80. The zero-order chi connectivity index (χ0) is 8.39. The molecule has 2 nitrogen and oxygen atoms in total. The topological polar surface area (TPSA) is 26.0 Å². The molecule has 2 aromatic rings. The first-order valence-corrected chi connectivity index (χ1v) is 3.84. The van der Waals surface area contributed by atoms with Crippen LogP contribution in [0.5, 0.6) is 0 Å². The zero-order valence-corrected chi connectivity index (χ0v) is 6.88. The number of halogens is 1. The van der Waals surface area contributed by atoms with Crippen LogP contribution in [0.15, 0.2) is 34.9 Å². The molecule has 59 valence electrons. The van der Waals surface area contributed by atoms with Gasteiger partial charge in [-0.3, -0.25) is 0 Å². The van der Waals surface area contributed by atoms with Crippen LogP contribution in [0.25, 0.3) is 11.3 Å². The maximum atomic E-state index is 5.76. The molecule has 1 aromatic carbocycles. The van der Waals surface area contributed by atoms with Gasteiger partial charge < -0.3 is 4.52 Å². The van der Waals surface area contributed by atoms with Gasteiger partial charge in [-0.15, -0.1) is 0 Å². The lowest BCUT2D eigenvalue weighted by Gasteiger charge is -1.92. The molecule has 1 heterocycles. The van der Waals surface area contributed by atoms with Crippen LogP contribution in [0.1, 0.15) is 0 Å². The van der Waals surface area contributed by atoms with Gasteiger partial charge in [0.05, 0.1) is 0 Å². The van der Waals surface area contributed by atoms with E-state index in [9.17, 15) is 0 Å². The third-order valence-electron chi connectivity index (χ3n) is 1.53. The molecule has 2 rings (SSSR count). The fourth-order valence-corrected chi connectivity index (χ4v) is 1.15. The maximum absolute atomic E-state index is 5.76. The van der Waals surface area contributed by atoms with E-state index in [1.54, 1.807) is 0 Å². The number of hydrogen-bond acceptors (Lipinski definition) is 2. The summed E-state index contributed by atoms with van der Waals surface area (Å²) in [6.45, 7) is 0. The largest absolute Gasteiger partial charge is 0.350 e. The molecule has 0 aliphatic rings. The Morgan fingerprint density at radius 3 is 2.58 bits per heavy atom. The minimum Gasteiger partial charge on any atom is -0.350 e. The molecule has 0 atom stereocenters. The molecule has 0 amide bonds. The molecule has 0 saturated heterocycles. The second kappa shape index (κ2) is 2.99. The molecule has 3 heteroatoms.